The lowest BCUT2D eigenvalue weighted by molar-refractivity contribution is -0.135. The number of rotatable bonds is 10. The average Bonchev–Trinajstić information content (AvgIpc) is 3.35. The smallest absolute Gasteiger partial charge is 0.315 e. The number of benzene rings is 4. The Balaban J connectivity index is 1.72. The van der Waals surface area contributed by atoms with E-state index in [-0.39, 0.29) is 28.0 Å². The third kappa shape index (κ3) is 8.82. The highest BCUT2D eigenvalue weighted by molar-refractivity contribution is 6.75. The van der Waals surface area contributed by atoms with Crippen molar-refractivity contribution in [1.82, 2.24) is 0 Å². The van der Waals surface area contributed by atoms with E-state index in [1.807, 2.05) is 78.9 Å². The third-order valence-corrected chi connectivity index (χ3v) is 19.0. The van der Waals surface area contributed by atoms with Gasteiger partial charge in [-0.2, -0.15) is 0 Å². The minimum Gasteiger partial charge on any atom is -0.544 e. The highest BCUT2D eigenvalue weighted by Gasteiger charge is 2.43. The van der Waals surface area contributed by atoms with Crippen LogP contribution < -0.4 is 27.8 Å². The molecular formula is C43H54O8Si2. The number of esters is 2. The second-order valence-corrected chi connectivity index (χ2v) is 26.6. The lowest BCUT2D eigenvalue weighted by atomic mass is 9.95. The summed E-state index contributed by atoms with van der Waals surface area (Å²) in [5, 5.41) is 0.0162. The standard InChI is InChI=1S/C43H54O8Si2/c1-28(44)46-37-35(30-19-23-32(24-20-30)50-52(10,11)41(2,3)4)39-40(49-43(8,9)48-39)36(38(37)47-34(45)27-29-17-15-14-16-18-29)31-21-25-33(26-22-31)51-53(12,13)42(5,6)7/h14-26H,27H2,1-13H3. The van der Waals surface area contributed by atoms with Gasteiger partial charge in [0, 0.05) is 20.8 Å². The van der Waals surface area contributed by atoms with Crippen molar-refractivity contribution >= 4 is 28.6 Å². The number of fused-ring (bicyclic) bond motifs is 1. The Morgan fingerprint density at radius 2 is 1.02 bits per heavy atom. The summed E-state index contributed by atoms with van der Waals surface area (Å²) >= 11 is 0. The Morgan fingerprint density at radius 3 is 1.40 bits per heavy atom. The lowest BCUT2D eigenvalue weighted by Crippen LogP contribution is -2.43. The molecule has 8 nitrogen and oxygen atoms in total. The maximum absolute atomic E-state index is 13.8. The SMILES string of the molecule is CC(=O)Oc1c(OC(=O)Cc2ccccc2)c(-c2ccc(O[Si](C)(C)C(C)(C)C)cc2)c2c(c1-c1ccc(O[Si](C)(C)C(C)(C)C)cc1)OC(C)(C)O2. The van der Waals surface area contributed by atoms with E-state index in [0.717, 1.165) is 17.1 Å². The molecule has 0 spiro atoms. The molecule has 53 heavy (non-hydrogen) atoms. The van der Waals surface area contributed by atoms with E-state index in [2.05, 4.69) is 67.7 Å². The first-order chi connectivity index (χ1) is 24.5. The van der Waals surface area contributed by atoms with Crippen LogP contribution in [0.5, 0.6) is 34.5 Å². The summed E-state index contributed by atoms with van der Waals surface area (Å²) in [5.41, 5.74) is 2.93. The Labute approximate surface area is 317 Å². The number of hydrogen-bond acceptors (Lipinski definition) is 8. The molecule has 0 saturated carbocycles. The Morgan fingerprint density at radius 1 is 0.623 bits per heavy atom. The maximum Gasteiger partial charge on any atom is 0.315 e. The van der Waals surface area contributed by atoms with Crippen molar-refractivity contribution in [1.29, 1.82) is 0 Å². The van der Waals surface area contributed by atoms with Gasteiger partial charge in [-0.3, -0.25) is 9.59 Å². The van der Waals surface area contributed by atoms with Gasteiger partial charge < -0.3 is 27.8 Å². The molecule has 10 heteroatoms. The van der Waals surface area contributed by atoms with Crippen molar-refractivity contribution in [3.63, 3.8) is 0 Å². The van der Waals surface area contributed by atoms with Crippen molar-refractivity contribution in [3.05, 3.63) is 84.4 Å². The van der Waals surface area contributed by atoms with Gasteiger partial charge in [0.2, 0.25) is 22.4 Å². The van der Waals surface area contributed by atoms with Crippen LogP contribution in [0.3, 0.4) is 0 Å². The van der Waals surface area contributed by atoms with Crippen LogP contribution in [0.15, 0.2) is 78.9 Å². The Kier molecular flexibility index (Phi) is 10.7. The highest BCUT2D eigenvalue weighted by Crippen LogP contribution is 2.61. The summed E-state index contributed by atoms with van der Waals surface area (Å²) in [7, 11) is -4.25. The molecule has 4 aromatic carbocycles. The molecule has 0 saturated heterocycles. The molecule has 0 aromatic heterocycles. The fourth-order valence-corrected chi connectivity index (χ4v) is 7.48. The molecule has 0 N–H and O–H groups in total. The molecule has 1 aliphatic rings. The van der Waals surface area contributed by atoms with E-state index < -0.39 is 34.4 Å². The predicted octanol–water partition coefficient (Wildman–Crippen LogP) is 11.4. The van der Waals surface area contributed by atoms with Crippen molar-refractivity contribution in [3.8, 4) is 56.8 Å². The summed E-state index contributed by atoms with van der Waals surface area (Å²) in [5.74, 6) is 0.0699. The molecular weight excluding hydrogens is 701 g/mol. The highest BCUT2D eigenvalue weighted by atomic mass is 28.4. The first-order valence-corrected chi connectivity index (χ1v) is 23.9. The van der Waals surface area contributed by atoms with E-state index in [0.29, 0.717) is 33.8 Å². The fraction of sp³-hybridized carbons (Fsp3) is 0.395. The van der Waals surface area contributed by atoms with Gasteiger partial charge >= 0.3 is 11.9 Å². The molecule has 0 radical (unpaired) electrons. The molecule has 0 bridgehead atoms. The molecule has 282 valence electrons. The quantitative estimate of drug-likeness (QED) is 0.0898. The van der Waals surface area contributed by atoms with Crippen LogP contribution in [-0.2, 0) is 16.0 Å². The van der Waals surface area contributed by atoms with Crippen LogP contribution in [0.1, 0.15) is 67.9 Å². The van der Waals surface area contributed by atoms with Crippen LogP contribution in [0.2, 0.25) is 36.3 Å². The zero-order valence-electron chi connectivity index (χ0n) is 33.5. The molecule has 4 aromatic rings. The van der Waals surface area contributed by atoms with Crippen LogP contribution >= 0.6 is 0 Å². The van der Waals surface area contributed by atoms with Crippen LogP contribution in [-0.4, -0.2) is 34.4 Å². The molecule has 1 aliphatic heterocycles. The number of ether oxygens (including phenoxy) is 4. The second-order valence-electron chi connectivity index (χ2n) is 17.2. The summed E-state index contributed by atoms with van der Waals surface area (Å²) in [4.78, 5) is 26.7. The zero-order valence-corrected chi connectivity index (χ0v) is 35.5. The van der Waals surface area contributed by atoms with E-state index in [1.165, 1.54) is 6.92 Å². The van der Waals surface area contributed by atoms with Gasteiger partial charge in [0.05, 0.1) is 17.5 Å². The second kappa shape index (κ2) is 14.4. The maximum atomic E-state index is 13.8. The Hall–Kier alpha value is -4.55. The first-order valence-electron chi connectivity index (χ1n) is 18.1. The van der Waals surface area contributed by atoms with Crippen molar-refractivity contribution in [2.75, 3.05) is 0 Å². The topological polar surface area (TPSA) is 89.5 Å². The lowest BCUT2D eigenvalue weighted by Gasteiger charge is -2.36. The largest absolute Gasteiger partial charge is 0.544 e. The third-order valence-electron chi connectivity index (χ3n) is 10.3. The van der Waals surface area contributed by atoms with Gasteiger partial charge in [-0.25, -0.2) is 0 Å². The molecule has 0 fully saturated rings. The van der Waals surface area contributed by atoms with Crippen LogP contribution in [0, 0.1) is 0 Å². The number of hydrogen-bond donors (Lipinski definition) is 0. The Bertz CT molecular complexity index is 1970. The molecule has 0 amide bonds. The summed E-state index contributed by atoms with van der Waals surface area (Å²) in [6.07, 6.45) is -0.00611. The monoisotopic (exact) mass is 754 g/mol. The van der Waals surface area contributed by atoms with Crippen LogP contribution in [0.25, 0.3) is 22.3 Å². The predicted molar refractivity (Wildman–Crippen MR) is 215 cm³/mol. The molecule has 0 aliphatic carbocycles. The molecule has 0 unspecified atom stereocenters. The fourth-order valence-electron chi connectivity index (χ4n) is 5.42. The zero-order chi connectivity index (χ0) is 39.1. The van der Waals surface area contributed by atoms with Crippen molar-refractivity contribution in [2.24, 2.45) is 0 Å². The molecule has 5 rings (SSSR count). The van der Waals surface area contributed by atoms with Gasteiger partial charge in [-0.05, 0) is 77.2 Å². The number of carbonyl (C=O) groups excluding carboxylic acids is 2. The van der Waals surface area contributed by atoms with Crippen LogP contribution in [0.4, 0.5) is 0 Å². The van der Waals surface area contributed by atoms with Crippen molar-refractivity contribution < 1.29 is 37.4 Å². The van der Waals surface area contributed by atoms with Gasteiger partial charge in [0.25, 0.3) is 0 Å². The normalized spacial score (nSPS) is 14.1. The van der Waals surface area contributed by atoms with E-state index in [4.69, 9.17) is 27.8 Å². The number of carbonyl (C=O) groups is 2. The van der Waals surface area contributed by atoms with E-state index in [9.17, 15) is 9.59 Å². The summed E-state index contributed by atoms with van der Waals surface area (Å²) < 4.78 is 38.5. The van der Waals surface area contributed by atoms with Gasteiger partial charge in [-0.1, -0.05) is 96.1 Å². The average molecular weight is 755 g/mol. The van der Waals surface area contributed by atoms with Gasteiger partial charge in [0.15, 0.2) is 23.0 Å². The van der Waals surface area contributed by atoms with Crippen molar-refractivity contribution in [2.45, 2.75) is 111 Å². The molecule has 1 heterocycles. The van der Waals surface area contributed by atoms with E-state index >= 15 is 0 Å². The first kappa shape index (κ1) is 39.7. The van der Waals surface area contributed by atoms with Gasteiger partial charge in [0.1, 0.15) is 11.5 Å². The minimum absolute atomic E-state index is 0.00611. The minimum atomic E-state index is -2.13. The van der Waals surface area contributed by atoms with Gasteiger partial charge in [-0.15, -0.1) is 0 Å². The summed E-state index contributed by atoms with van der Waals surface area (Å²) in [6.45, 7) is 26.9. The summed E-state index contributed by atoms with van der Waals surface area (Å²) in [6, 6.07) is 24.5. The molecule has 0 atom stereocenters. The van der Waals surface area contributed by atoms with E-state index in [1.54, 1.807) is 13.8 Å².